The van der Waals surface area contributed by atoms with E-state index in [4.69, 9.17) is 10.5 Å². The van der Waals surface area contributed by atoms with Crippen LogP contribution in [0.25, 0.3) is 0 Å². The maximum Gasteiger partial charge on any atom is 0.222 e. The number of hydrogen-bond donors (Lipinski definition) is 1. The molecule has 2 unspecified atom stereocenters. The third-order valence-electron chi connectivity index (χ3n) is 4.25. The lowest BCUT2D eigenvalue weighted by Gasteiger charge is -2.31. The highest BCUT2D eigenvalue weighted by Crippen LogP contribution is 2.32. The predicted molar refractivity (Wildman–Crippen MR) is 82.5 cm³/mol. The van der Waals surface area contributed by atoms with Crippen molar-refractivity contribution in [2.75, 3.05) is 26.2 Å². The van der Waals surface area contributed by atoms with Crippen LogP contribution in [0.4, 0.5) is 0 Å². The summed E-state index contributed by atoms with van der Waals surface area (Å²) < 4.78 is 5.59. The summed E-state index contributed by atoms with van der Waals surface area (Å²) in [5, 5.41) is 0. The summed E-state index contributed by atoms with van der Waals surface area (Å²) in [4.78, 5) is 14.3. The van der Waals surface area contributed by atoms with Gasteiger partial charge in [-0.15, -0.1) is 0 Å². The van der Waals surface area contributed by atoms with Crippen molar-refractivity contribution in [1.29, 1.82) is 0 Å². The van der Waals surface area contributed by atoms with E-state index in [1.807, 2.05) is 11.8 Å². The maximum absolute atomic E-state index is 12.4. The third kappa shape index (κ3) is 5.80. The number of amides is 1. The van der Waals surface area contributed by atoms with Crippen LogP contribution in [0, 0.1) is 11.3 Å². The highest BCUT2D eigenvalue weighted by Gasteiger charge is 2.26. The molecule has 1 heterocycles. The third-order valence-corrected chi connectivity index (χ3v) is 4.25. The van der Waals surface area contributed by atoms with Crippen LogP contribution in [0.2, 0.25) is 0 Å². The van der Waals surface area contributed by atoms with Gasteiger partial charge >= 0.3 is 0 Å². The second kappa shape index (κ2) is 7.99. The van der Waals surface area contributed by atoms with E-state index in [0.29, 0.717) is 18.9 Å². The molecule has 1 saturated heterocycles. The SMILES string of the molecule is CC1CN(C(=O)CCC(CCN)C(C)(C)C)CCCO1. The fourth-order valence-electron chi connectivity index (χ4n) is 2.89. The van der Waals surface area contributed by atoms with E-state index in [-0.39, 0.29) is 17.4 Å². The van der Waals surface area contributed by atoms with E-state index in [1.54, 1.807) is 0 Å². The van der Waals surface area contributed by atoms with Gasteiger partial charge in [0.2, 0.25) is 5.91 Å². The van der Waals surface area contributed by atoms with Gasteiger partial charge in [-0.1, -0.05) is 20.8 Å². The molecule has 0 spiro atoms. The smallest absolute Gasteiger partial charge is 0.222 e. The summed E-state index contributed by atoms with van der Waals surface area (Å²) in [6.45, 7) is 11.8. The normalized spacial score (nSPS) is 22.4. The number of hydrogen-bond acceptors (Lipinski definition) is 3. The van der Waals surface area contributed by atoms with Gasteiger partial charge in [0.05, 0.1) is 6.10 Å². The molecule has 20 heavy (non-hydrogen) atoms. The summed E-state index contributed by atoms with van der Waals surface area (Å²) in [7, 11) is 0. The standard InChI is InChI=1S/C16H32N2O2/c1-13-12-18(10-5-11-20-13)15(19)7-6-14(8-9-17)16(2,3)4/h13-14H,5-12,17H2,1-4H3. The molecule has 0 bridgehead atoms. The Morgan fingerprint density at radius 2 is 2.10 bits per heavy atom. The summed E-state index contributed by atoms with van der Waals surface area (Å²) in [5.41, 5.74) is 5.92. The van der Waals surface area contributed by atoms with Gasteiger partial charge in [-0.2, -0.15) is 0 Å². The maximum atomic E-state index is 12.4. The van der Waals surface area contributed by atoms with Gasteiger partial charge in [-0.05, 0) is 44.1 Å². The van der Waals surface area contributed by atoms with Crippen molar-refractivity contribution < 1.29 is 9.53 Å². The van der Waals surface area contributed by atoms with Gasteiger partial charge in [0, 0.05) is 26.1 Å². The van der Waals surface area contributed by atoms with Gasteiger partial charge in [0.25, 0.3) is 0 Å². The van der Waals surface area contributed by atoms with Crippen LogP contribution in [-0.4, -0.2) is 43.2 Å². The number of rotatable bonds is 5. The molecule has 0 aliphatic carbocycles. The van der Waals surface area contributed by atoms with Gasteiger partial charge in [-0.3, -0.25) is 4.79 Å². The Bertz CT molecular complexity index is 299. The Balaban J connectivity index is 2.47. The van der Waals surface area contributed by atoms with Crippen molar-refractivity contribution in [2.45, 2.75) is 59.5 Å². The number of carbonyl (C=O) groups is 1. The number of ether oxygens (including phenoxy) is 1. The first-order valence-corrected chi connectivity index (χ1v) is 7.94. The summed E-state index contributed by atoms with van der Waals surface area (Å²) in [6, 6.07) is 0. The fraction of sp³-hybridized carbons (Fsp3) is 0.938. The lowest BCUT2D eigenvalue weighted by Crippen LogP contribution is -2.36. The largest absolute Gasteiger partial charge is 0.377 e. The fourth-order valence-corrected chi connectivity index (χ4v) is 2.89. The molecule has 118 valence electrons. The highest BCUT2D eigenvalue weighted by atomic mass is 16.5. The van der Waals surface area contributed by atoms with Crippen molar-refractivity contribution in [3.8, 4) is 0 Å². The lowest BCUT2D eigenvalue weighted by atomic mass is 9.76. The van der Waals surface area contributed by atoms with E-state index < -0.39 is 0 Å². The number of nitrogens with zero attached hydrogens (tertiary/aromatic N) is 1. The van der Waals surface area contributed by atoms with Gasteiger partial charge in [0.1, 0.15) is 0 Å². The van der Waals surface area contributed by atoms with E-state index in [9.17, 15) is 4.79 Å². The van der Waals surface area contributed by atoms with Crippen LogP contribution in [0.15, 0.2) is 0 Å². The zero-order chi connectivity index (χ0) is 15.2. The topological polar surface area (TPSA) is 55.6 Å². The van der Waals surface area contributed by atoms with Gasteiger partial charge < -0.3 is 15.4 Å². The van der Waals surface area contributed by atoms with Crippen molar-refractivity contribution >= 4 is 5.91 Å². The van der Waals surface area contributed by atoms with E-state index >= 15 is 0 Å². The molecular weight excluding hydrogens is 252 g/mol. The summed E-state index contributed by atoms with van der Waals surface area (Å²) in [6.07, 6.45) is 3.67. The highest BCUT2D eigenvalue weighted by molar-refractivity contribution is 5.76. The molecule has 0 radical (unpaired) electrons. The van der Waals surface area contributed by atoms with Crippen molar-refractivity contribution in [3.05, 3.63) is 0 Å². The Morgan fingerprint density at radius 3 is 2.70 bits per heavy atom. The second-order valence-corrected chi connectivity index (χ2v) is 7.05. The minimum atomic E-state index is 0.156. The number of carbonyl (C=O) groups excluding carboxylic acids is 1. The molecule has 0 aromatic carbocycles. The van der Waals surface area contributed by atoms with E-state index in [1.165, 1.54) is 0 Å². The molecule has 4 nitrogen and oxygen atoms in total. The number of nitrogens with two attached hydrogens (primary N) is 1. The molecule has 1 rings (SSSR count). The average Bonchev–Trinajstić information content (AvgIpc) is 2.57. The zero-order valence-corrected chi connectivity index (χ0v) is 13.7. The van der Waals surface area contributed by atoms with Gasteiger partial charge in [-0.25, -0.2) is 0 Å². The summed E-state index contributed by atoms with van der Waals surface area (Å²) in [5.74, 6) is 0.783. The first-order valence-electron chi connectivity index (χ1n) is 7.94. The van der Waals surface area contributed by atoms with Crippen LogP contribution in [-0.2, 0) is 9.53 Å². The van der Waals surface area contributed by atoms with Crippen molar-refractivity contribution in [3.63, 3.8) is 0 Å². The Labute approximate surface area is 124 Å². The lowest BCUT2D eigenvalue weighted by molar-refractivity contribution is -0.132. The molecule has 2 N–H and O–H groups in total. The molecule has 0 aromatic heterocycles. The average molecular weight is 284 g/mol. The van der Waals surface area contributed by atoms with Gasteiger partial charge in [0.15, 0.2) is 0 Å². The zero-order valence-electron chi connectivity index (χ0n) is 13.7. The molecule has 1 amide bonds. The molecule has 0 aromatic rings. The Morgan fingerprint density at radius 1 is 1.40 bits per heavy atom. The molecule has 4 heteroatoms. The van der Waals surface area contributed by atoms with Crippen molar-refractivity contribution in [2.24, 2.45) is 17.1 Å². The van der Waals surface area contributed by atoms with Crippen LogP contribution in [0.5, 0.6) is 0 Å². The monoisotopic (exact) mass is 284 g/mol. The minimum absolute atomic E-state index is 0.156. The van der Waals surface area contributed by atoms with Crippen LogP contribution in [0.1, 0.15) is 53.4 Å². The van der Waals surface area contributed by atoms with Crippen molar-refractivity contribution in [1.82, 2.24) is 4.90 Å². The molecule has 0 saturated carbocycles. The predicted octanol–water partition coefficient (Wildman–Crippen LogP) is 2.42. The van der Waals surface area contributed by atoms with Crippen LogP contribution < -0.4 is 5.73 Å². The first kappa shape index (κ1) is 17.4. The Hall–Kier alpha value is -0.610. The minimum Gasteiger partial charge on any atom is -0.377 e. The van der Waals surface area contributed by atoms with Crippen LogP contribution >= 0.6 is 0 Å². The molecule has 2 atom stereocenters. The first-order chi connectivity index (χ1) is 9.34. The Kier molecular flexibility index (Phi) is 6.96. The van der Waals surface area contributed by atoms with Crippen LogP contribution in [0.3, 0.4) is 0 Å². The molecule has 1 aliphatic rings. The van der Waals surface area contributed by atoms with E-state index in [0.717, 1.165) is 39.0 Å². The second-order valence-electron chi connectivity index (χ2n) is 7.05. The molecular formula is C16H32N2O2. The quantitative estimate of drug-likeness (QED) is 0.843. The van der Waals surface area contributed by atoms with E-state index in [2.05, 4.69) is 20.8 Å². The molecule has 1 aliphatic heterocycles. The summed E-state index contributed by atoms with van der Waals surface area (Å²) >= 11 is 0. The molecule has 1 fully saturated rings.